The SMILES string of the molecule is CCn1c(-c2nc3cc(C(=O)N4C[C@@H](NC(=O)C(F)(F)F)C[C@@H](C(=O)O)C4)ccc3n2C)cc2ccccc21. The van der Waals surface area contributed by atoms with Gasteiger partial charge in [-0.3, -0.25) is 14.4 Å². The van der Waals surface area contributed by atoms with E-state index in [4.69, 9.17) is 4.98 Å². The lowest BCUT2D eigenvalue weighted by molar-refractivity contribution is -0.175. The number of carboxylic acid groups (broad SMARTS) is 1. The van der Waals surface area contributed by atoms with Crippen molar-refractivity contribution in [3.05, 3.63) is 54.1 Å². The molecule has 9 nitrogen and oxygen atoms in total. The van der Waals surface area contributed by atoms with Gasteiger partial charge in [0.15, 0.2) is 5.82 Å². The van der Waals surface area contributed by atoms with E-state index < -0.39 is 35.9 Å². The monoisotopic (exact) mass is 541 g/mol. The molecular formula is C27H26F3N5O4. The average molecular weight is 542 g/mol. The lowest BCUT2D eigenvalue weighted by Crippen LogP contribution is -2.55. The zero-order valence-electron chi connectivity index (χ0n) is 21.2. The lowest BCUT2D eigenvalue weighted by Gasteiger charge is -2.36. The van der Waals surface area contributed by atoms with Crippen molar-refractivity contribution in [1.82, 2.24) is 24.3 Å². The highest BCUT2D eigenvalue weighted by atomic mass is 19.4. The van der Waals surface area contributed by atoms with Gasteiger partial charge in [-0.1, -0.05) is 18.2 Å². The van der Waals surface area contributed by atoms with Gasteiger partial charge in [-0.25, -0.2) is 4.98 Å². The summed E-state index contributed by atoms with van der Waals surface area (Å²) < 4.78 is 42.4. The molecule has 2 atom stereocenters. The zero-order valence-corrected chi connectivity index (χ0v) is 21.2. The van der Waals surface area contributed by atoms with Crippen molar-refractivity contribution in [3.8, 4) is 11.5 Å². The Bertz CT molecular complexity index is 1610. The minimum Gasteiger partial charge on any atom is -0.481 e. The maximum Gasteiger partial charge on any atom is 0.471 e. The van der Waals surface area contributed by atoms with Crippen molar-refractivity contribution in [2.24, 2.45) is 13.0 Å². The first-order chi connectivity index (χ1) is 18.5. The maximum absolute atomic E-state index is 13.4. The van der Waals surface area contributed by atoms with E-state index in [1.54, 1.807) is 18.2 Å². The van der Waals surface area contributed by atoms with Crippen molar-refractivity contribution in [1.29, 1.82) is 0 Å². The van der Waals surface area contributed by atoms with E-state index in [0.29, 0.717) is 11.3 Å². The van der Waals surface area contributed by atoms with E-state index in [9.17, 15) is 32.7 Å². The number of carbonyl (C=O) groups is 3. The van der Waals surface area contributed by atoms with Gasteiger partial charge in [0.25, 0.3) is 5.91 Å². The van der Waals surface area contributed by atoms with Crippen LogP contribution in [0, 0.1) is 5.92 Å². The van der Waals surface area contributed by atoms with Gasteiger partial charge in [-0.2, -0.15) is 13.2 Å². The number of carbonyl (C=O) groups excluding carboxylic acids is 2. The summed E-state index contributed by atoms with van der Waals surface area (Å²) in [5, 5.41) is 12.4. The summed E-state index contributed by atoms with van der Waals surface area (Å²) in [5.74, 6) is -4.40. The Kier molecular flexibility index (Phi) is 6.57. The third kappa shape index (κ3) is 4.82. The molecule has 4 aromatic rings. The predicted octanol–water partition coefficient (Wildman–Crippen LogP) is 3.81. The Morgan fingerprint density at radius 1 is 1.08 bits per heavy atom. The van der Waals surface area contributed by atoms with Crippen molar-refractivity contribution in [2.75, 3.05) is 13.1 Å². The number of hydrogen-bond donors (Lipinski definition) is 2. The molecule has 0 bridgehead atoms. The Balaban J connectivity index is 1.46. The van der Waals surface area contributed by atoms with Crippen molar-refractivity contribution in [2.45, 2.75) is 32.1 Å². The number of imidazole rings is 1. The number of nitrogens with one attached hydrogen (secondary N) is 1. The molecule has 0 unspecified atom stereocenters. The van der Waals surface area contributed by atoms with Crippen LogP contribution in [0.5, 0.6) is 0 Å². The van der Waals surface area contributed by atoms with Crippen LogP contribution >= 0.6 is 0 Å². The number of carboxylic acids is 1. The maximum atomic E-state index is 13.4. The van der Waals surface area contributed by atoms with Crippen LogP contribution in [0.25, 0.3) is 33.5 Å². The van der Waals surface area contributed by atoms with E-state index in [0.717, 1.165) is 28.7 Å². The minimum atomic E-state index is -5.11. The molecular weight excluding hydrogens is 515 g/mol. The van der Waals surface area contributed by atoms with Gasteiger partial charge in [-0.15, -0.1) is 0 Å². The van der Waals surface area contributed by atoms with Crippen molar-refractivity contribution >= 4 is 39.7 Å². The largest absolute Gasteiger partial charge is 0.481 e. The fourth-order valence-corrected chi connectivity index (χ4v) is 5.30. The molecule has 1 aliphatic rings. The quantitative estimate of drug-likeness (QED) is 0.400. The van der Waals surface area contributed by atoms with Crippen LogP contribution in [0.15, 0.2) is 48.5 Å². The third-order valence-electron chi connectivity index (χ3n) is 7.16. The number of aryl methyl sites for hydroxylation is 2. The number of nitrogens with zero attached hydrogens (tertiary/aromatic N) is 4. The first-order valence-corrected chi connectivity index (χ1v) is 12.4. The molecule has 2 aromatic carbocycles. The average Bonchev–Trinajstić information content (AvgIpc) is 3.44. The van der Waals surface area contributed by atoms with Crippen LogP contribution in [0.4, 0.5) is 13.2 Å². The number of aromatic nitrogens is 3. The molecule has 204 valence electrons. The van der Waals surface area contributed by atoms with Gasteiger partial charge in [0.1, 0.15) is 0 Å². The number of halogens is 3. The van der Waals surface area contributed by atoms with E-state index in [-0.39, 0.29) is 25.1 Å². The van der Waals surface area contributed by atoms with Crippen LogP contribution < -0.4 is 5.32 Å². The highest BCUT2D eigenvalue weighted by molar-refractivity contribution is 5.98. The second-order valence-electron chi connectivity index (χ2n) is 9.68. The summed E-state index contributed by atoms with van der Waals surface area (Å²) in [5.41, 5.74) is 3.51. The van der Waals surface area contributed by atoms with E-state index in [2.05, 4.69) is 10.6 Å². The minimum absolute atomic E-state index is 0.186. The molecule has 1 aliphatic heterocycles. The number of para-hydroxylation sites is 1. The van der Waals surface area contributed by atoms with E-state index in [1.807, 2.05) is 48.1 Å². The summed E-state index contributed by atoms with van der Waals surface area (Å²) in [6, 6.07) is 13.8. The number of hydrogen-bond acceptors (Lipinski definition) is 4. The molecule has 39 heavy (non-hydrogen) atoms. The number of benzene rings is 2. The molecule has 12 heteroatoms. The van der Waals surface area contributed by atoms with Crippen molar-refractivity contribution in [3.63, 3.8) is 0 Å². The van der Waals surface area contributed by atoms with Crippen LogP contribution in [0.2, 0.25) is 0 Å². The number of amides is 2. The van der Waals surface area contributed by atoms with Crippen LogP contribution in [0.1, 0.15) is 23.7 Å². The van der Waals surface area contributed by atoms with Gasteiger partial charge in [0.2, 0.25) is 0 Å². The topological polar surface area (TPSA) is 109 Å². The molecule has 0 saturated carbocycles. The zero-order chi connectivity index (χ0) is 28.1. The molecule has 0 aliphatic carbocycles. The number of fused-ring (bicyclic) bond motifs is 2. The van der Waals surface area contributed by atoms with Crippen molar-refractivity contribution < 1.29 is 32.7 Å². The fourth-order valence-electron chi connectivity index (χ4n) is 5.30. The standard InChI is InChI=1S/C27H26F3N5O4/c1-3-35-20-7-5-4-6-15(20)12-22(35)23-32-19-11-16(8-9-21(19)33(23)2)24(36)34-13-17(25(37)38)10-18(14-34)31-26(39)27(28,29)30/h4-9,11-12,17-18H,3,10,13-14H2,1-2H3,(H,31,39)(H,37,38)/t17-,18+/m1/s1. The smallest absolute Gasteiger partial charge is 0.471 e. The predicted molar refractivity (Wildman–Crippen MR) is 137 cm³/mol. The number of rotatable bonds is 5. The van der Waals surface area contributed by atoms with Crippen LogP contribution in [-0.2, 0) is 23.2 Å². The van der Waals surface area contributed by atoms with E-state index in [1.165, 1.54) is 4.90 Å². The highest BCUT2D eigenvalue weighted by Crippen LogP contribution is 2.31. The highest BCUT2D eigenvalue weighted by Gasteiger charge is 2.42. The van der Waals surface area contributed by atoms with Gasteiger partial charge in [-0.05, 0) is 43.7 Å². The lowest BCUT2D eigenvalue weighted by atomic mass is 9.93. The van der Waals surface area contributed by atoms with Crippen LogP contribution in [-0.4, -0.2) is 67.2 Å². The number of likely N-dealkylation sites (tertiary alicyclic amines) is 1. The van der Waals surface area contributed by atoms with Gasteiger partial charge >= 0.3 is 18.1 Å². The summed E-state index contributed by atoms with van der Waals surface area (Å²) in [4.78, 5) is 42.5. The number of aliphatic carboxylic acids is 1. The number of alkyl halides is 3. The first kappa shape index (κ1) is 26.3. The second kappa shape index (κ2) is 9.75. The summed E-state index contributed by atoms with van der Waals surface area (Å²) in [6.45, 7) is 2.34. The second-order valence-corrected chi connectivity index (χ2v) is 9.68. The fraction of sp³-hybridized carbons (Fsp3) is 0.333. The summed E-state index contributed by atoms with van der Waals surface area (Å²) >= 11 is 0. The molecule has 0 spiro atoms. The molecule has 2 aromatic heterocycles. The van der Waals surface area contributed by atoms with E-state index >= 15 is 0 Å². The Labute approximate surface area is 220 Å². The molecule has 1 saturated heterocycles. The number of piperidine rings is 1. The van der Waals surface area contributed by atoms with Gasteiger partial charge in [0, 0.05) is 49.2 Å². The van der Waals surface area contributed by atoms with Crippen LogP contribution in [0.3, 0.4) is 0 Å². The molecule has 5 rings (SSSR count). The Morgan fingerprint density at radius 3 is 2.51 bits per heavy atom. The Morgan fingerprint density at radius 2 is 1.82 bits per heavy atom. The van der Waals surface area contributed by atoms with Gasteiger partial charge < -0.3 is 24.5 Å². The normalized spacial score (nSPS) is 18.0. The Hall–Kier alpha value is -4.35. The molecule has 2 amide bonds. The molecule has 1 fully saturated rings. The van der Waals surface area contributed by atoms with Gasteiger partial charge in [0.05, 0.1) is 22.6 Å². The third-order valence-corrected chi connectivity index (χ3v) is 7.16. The summed E-state index contributed by atoms with van der Waals surface area (Å²) in [6.07, 6.45) is -5.33. The molecule has 2 N–H and O–H groups in total. The molecule has 0 radical (unpaired) electrons. The first-order valence-electron chi connectivity index (χ1n) is 12.4. The summed E-state index contributed by atoms with van der Waals surface area (Å²) in [7, 11) is 1.87. The molecule has 3 heterocycles.